The third kappa shape index (κ3) is 4.93. The maximum absolute atomic E-state index is 13.7. The summed E-state index contributed by atoms with van der Waals surface area (Å²) in [4.78, 5) is 33.8. The Labute approximate surface area is 191 Å². The van der Waals surface area contributed by atoms with Crippen molar-refractivity contribution in [1.82, 2.24) is 14.5 Å². The summed E-state index contributed by atoms with van der Waals surface area (Å²) < 4.78 is 1.71. The fourth-order valence-corrected chi connectivity index (χ4v) is 4.21. The van der Waals surface area contributed by atoms with E-state index in [9.17, 15) is 9.59 Å². The van der Waals surface area contributed by atoms with E-state index in [0.717, 1.165) is 18.5 Å². The van der Waals surface area contributed by atoms with Gasteiger partial charge in [-0.3, -0.25) is 14.2 Å². The van der Waals surface area contributed by atoms with Gasteiger partial charge in [0.25, 0.3) is 5.56 Å². The van der Waals surface area contributed by atoms with Gasteiger partial charge in [0.15, 0.2) is 0 Å². The number of para-hydroxylation sites is 1. The van der Waals surface area contributed by atoms with Gasteiger partial charge in [-0.2, -0.15) is 0 Å². The normalized spacial score (nSPS) is 12.3. The zero-order chi connectivity index (χ0) is 23.3. The van der Waals surface area contributed by atoms with Crippen molar-refractivity contribution in [2.75, 3.05) is 6.54 Å². The van der Waals surface area contributed by atoms with Crippen LogP contribution in [-0.4, -0.2) is 26.9 Å². The summed E-state index contributed by atoms with van der Waals surface area (Å²) in [5, 5.41) is 0.584. The van der Waals surface area contributed by atoms with Gasteiger partial charge >= 0.3 is 0 Å². The van der Waals surface area contributed by atoms with E-state index in [2.05, 4.69) is 46.8 Å². The number of hydrogen-bond acceptors (Lipinski definition) is 3. The van der Waals surface area contributed by atoms with Crippen LogP contribution in [-0.2, 0) is 11.2 Å². The average Bonchev–Trinajstić information content (AvgIpc) is 2.79. The number of rotatable bonds is 9. The summed E-state index contributed by atoms with van der Waals surface area (Å²) in [6.45, 7) is 11.0. The van der Waals surface area contributed by atoms with Crippen molar-refractivity contribution in [3.8, 4) is 5.69 Å². The Morgan fingerprint density at radius 3 is 2.31 bits per heavy atom. The summed E-state index contributed by atoms with van der Waals surface area (Å²) in [7, 11) is 0. The Balaban J connectivity index is 2.25. The molecule has 32 heavy (non-hydrogen) atoms. The number of amides is 1. The molecule has 0 bridgehead atoms. The lowest BCUT2D eigenvalue weighted by molar-refractivity contribution is -0.134. The summed E-state index contributed by atoms with van der Waals surface area (Å²) in [5.41, 5.74) is 2.57. The first-order valence-corrected chi connectivity index (χ1v) is 11.8. The Morgan fingerprint density at radius 1 is 1.03 bits per heavy atom. The van der Waals surface area contributed by atoms with Crippen LogP contribution in [0.4, 0.5) is 0 Å². The van der Waals surface area contributed by atoms with Crippen LogP contribution in [0.15, 0.2) is 53.3 Å². The number of aryl methyl sites for hydroxylation is 1. The molecular weight excluding hydrogens is 398 g/mol. The molecule has 0 radical (unpaired) electrons. The van der Waals surface area contributed by atoms with Gasteiger partial charge in [0.1, 0.15) is 5.82 Å². The third-order valence-electron chi connectivity index (χ3n) is 5.83. The molecule has 1 amide bonds. The van der Waals surface area contributed by atoms with Crippen molar-refractivity contribution < 1.29 is 4.79 Å². The molecule has 2 aromatic carbocycles. The fraction of sp³-hybridized carbons (Fsp3) is 0.444. The first-order chi connectivity index (χ1) is 15.4. The summed E-state index contributed by atoms with van der Waals surface area (Å²) in [5.74, 6) is 1.02. The summed E-state index contributed by atoms with van der Waals surface area (Å²) in [6, 6.07) is 15.2. The molecule has 0 aliphatic heterocycles. The van der Waals surface area contributed by atoms with E-state index in [0.29, 0.717) is 36.1 Å². The van der Waals surface area contributed by atoms with Gasteiger partial charge in [-0.25, -0.2) is 4.98 Å². The summed E-state index contributed by atoms with van der Waals surface area (Å²) >= 11 is 0. The van der Waals surface area contributed by atoms with Crippen LogP contribution in [0.3, 0.4) is 0 Å². The molecule has 0 fully saturated rings. The Morgan fingerprint density at radius 2 is 1.72 bits per heavy atom. The Bertz CT molecular complexity index is 1120. The minimum atomic E-state index is -0.274. The molecule has 0 aliphatic carbocycles. The van der Waals surface area contributed by atoms with E-state index >= 15 is 0 Å². The van der Waals surface area contributed by atoms with E-state index in [-0.39, 0.29) is 23.4 Å². The van der Waals surface area contributed by atoms with Crippen molar-refractivity contribution in [3.05, 3.63) is 70.3 Å². The van der Waals surface area contributed by atoms with Gasteiger partial charge in [-0.15, -0.1) is 0 Å². The minimum absolute atomic E-state index is 0.0962. The van der Waals surface area contributed by atoms with Crippen LogP contribution in [0.2, 0.25) is 0 Å². The van der Waals surface area contributed by atoms with Crippen molar-refractivity contribution in [3.63, 3.8) is 0 Å². The highest BCUT2D eigenvalue weighted by Gasteiger charge is 2.28. The Hall–Kier alpha value is -2.95. The van der Waals surface area contributed by atoms with Crippen molar-refractivity contribution in [2.45, 2.75) is 66.3 Å². The van der Waals surface area contributed by atoms with E-state index in [1.807, 2.05) is 41.3 Å². The van der Waals surface area contributed by atoms with Crippen LogP contribution in [0.25, 0.3) is 16.6 Å². The number of carbonyl (C=O) groups is 1. The fourth-order valence-electron chi connectivity index (χ4n) is 4.21. The van der Waals surface area contributed by atoms with Crippen LogP contribution in [0, 0.1) is 5.92 Å². The van der Waals surface area contributed by atoms with E-state index in [1.54, 1.807) is 4.57 Å². The molecule has 1 aromatic heterocycles. The van der Waals surface area contributed by atoms with Gasteiger partial charge in [0.05, 0.1) is 22.6 Å². The third-order valence-corrected chi connectivity index (χ3v) is 5.83. The minimum Gasteiger partial charge on any atom is -0.333 e. The predicted molar refractivity (Wildman–Crippen MR) is 131 cm³/mol. The SMILES string of the molecule is CCCN(C(=O)CC(C)C)C(CC)c1nc2ccccc2c(=O)n1-c1ccc(CC)cc1. The van der Waals surface area contributed by atoms with Gasteiger partial charge < -0.3 is 4.90 Å². The molecule has 1 unspecified atom stereocenters. The largest absolute Gasteiger partial charge is 0.333 e. The number of benzene rings is 2. The molecule has 0 aliphatic rings. The number of hydrogen-bond donors (Lipinski definition) is 0. The highest BCUT2D eigenvalue weighted by atomic mass is 16.2. The zero-order valence-electron chi connectivity index (χ0n) is 20.0. The smallest absolute Gasteiger partial charge is 0.266 e. The lowest BCUT2D eigenvalue weighted by Gasteiger charge is -2.32. The predicted octanol–water partition coefficient (Wildman–Crippen LogP) is 5.68. The standard InChI is InChI=1S/C27H35N3O2/c1-6-17-29(25(31)18-19(4)5)24(8-3)26-28-23-12-10-9-11-22(23)27(32)30(26)21-15-13-20(7-2)14-16-21/h9-16,19,24H,6-8,17-18H2,1-5H3. The van der Waals surface area contributed by atoms with Crippen molar-refractivity contribution in [2.24, 2.45) is 5.92 Å². The second-order valence-corrected chi connectivity index (χ2v) is 8.76. The van der Waals surface area contributed by atoms with Crippen LogP contribution < -0.4 is 5.56 Å². The van der Waals surface area contributed by atoms with Crippen LogP contribution in [0.5, 0.6) is 0 Å². The molecule has 170 valence electrons. The quantitative estimate of drug-likeness (QED) is 0.436. The van der Waals surface area contributed by atoms with Crippen LogP contribution in [0.1, 0.15) is 71.3 Å². The molecule has 0 spiro atoms. The highest BCUT2D eigenvalue weighted by molar-refractivity contribution is 5.79. The van der Waals surface area contributed by atoms with Crippen LogP contribution >= 0.6 is 0 Å². The molecule has 0 N–H and O–H groups in total. The number of carbonyl (C=O) groups excluding carboxylic acids is 1. The average molecular weight is 434 g/mol. The first-order valence-electron chi connectivity index (χ1n) is 11.8. The number of fused-ring (bicyclic) bond motifs is 1. The maximum atomic E-state index is 13.7. The molecule has 3 rings (SSSR count). The van der Waals surface area contributed by atoms with Gasteiger partial charge in [0, 0.05) is 13.0 Å². The second-order valence-electron chi connectivity index (χ2n) is 8.76. The first kappa shape index (κ1) is 23.7. The number of nitrogens with zero attached hydrogens (tertiary/aromatic N) is 3. The van der Waals surface area contributed by atoms with E-state index in [1.165, 1.54) is 5.56 Å². The molecule has 1 atom stereocenters. The second kappa shape index (κ2) is 10.6. The molecule has 0 saturated heterocycles. The van der Waals surface area contributed by atoms with Gasteiger partial charge in [-0.05, 0) is 55.0 Å². The van der Waals surface area contributed by atoms with Crippen molar-refractivity contribution in [1.29, 1.82) is 0 Å². The monoisotopic (exact) mass is 433 g/mol. The molecular formula is C27H35N3O2. The number of aromatic nitrogens is 2. The molecule has 0 saturated carbocycles. The topological polar surface area (TPSA) is 55.2 Å². The lowest BCUT2D eigenvalue weighted by atomic mass is 10.1. The molecule has 3 aromatic rings. The Kier molecular flexibility index (Phi) is 7.84. The highest BCUT2D eigenvalue weighted by Crippen LogP contribution is 2.27. The molecule has 1 heterocycles. The van der Waals surface area contributed by atoms with E-state index in [4.69, 9.17) is 4.98 Å². The summed E-state index contributed by atoms with van der Waals surface area (Å²) in [6.07, 6.45) is 2.95. The van der Waals surface area contributed by atoms with E-state index < -0.39 is 0 Å². The van der Waals surface area contributed by atoms with Gasteiger partial charge in [0.2, 0.25) is 5.91 Å². The maximum Gasteiger partial charge on any atom is 0.266 e. The zero-order valence-corrected chi connectivity index (χ0v) is 20.0. The van der Waals surface area contributed by atoms with Crippen molar-refractivity contribution >= 4 is 16.8 Å². The lowest BCUT2D eigenvalue weighted by Crippen LogP contribution is -2.39. The molecule has 5 heteroatoms. The van der Waals surface area contributed by atoms with Gasteiger partial charge in [-0.1, -0.05) is 58.9 Å². The molecule has 5 nitrogen and oxygen atoms in total.